The first-order valence-corrected chi connectivity index (χ1v) is 3.51. The van der Waals surface area contributed by atoms with Gasteiger partial charge in [0.1, 0.15) is 0 Å². The molecule has 0 aromatic carbocycles. The predicted molar refractivity (Wildman–Crippen MR) is 46.8 cm³/mol. The summed E-state index contributed by atoms with van der Waals surface area (Å²) in [5.74, 6) is 0. The van der Waals surface area contributed by atoms with Gasteiger partial charge in [0.15, 0.2) is 0 Å². The zero-order chi connectivity index (χ0) is 8.24. The lowest BCUT2D eigenvalue weighted by atomic mass is 10.6. The minimum atomic E-state index is 0.694. The highest BCUT2D eigenvalue weighted by Crippen LogP contribution is 1.49. The Kier molecular flexibility index (Phi) is 19.5. The number of hydrogen-bond acceptors (Lipinski definition) is 3. The normalized spacial score (nSPS) is 7.90. The van der Waals surface area contributed by atoms with E-state index in [2.05, 4.69) is 11.9 Å². The van der Waals surface area contributed by atoms with Gasteiger partial charge in [-0.15, -0.1) is 6.58 Å². The molecule has 0 aromatic rings. The van der Waals surface area contributed by atoms with Crippen molar-refractivity contribution >= 4 is 0 Å². The van der Waals surface area contributed by atoms with Gasteiger partial charge < -0.3 is 16.8 Å². The SMILES string of the molecule is C=CC.NCCNCCN. The molecular formula is C7H19N3. The van der Waals surface area contributed by atoms with Gasteiger partial charge in [0, 0.05) is 26.2 Å². The molecule has 0 atom stereocenters. The summed E-state index contributed by atoms with van der Waals surface area (Å²) in [6, 6.07) is 0. The van der Waals surface area contributed by atoms with E-state index in [1.807, 2.05) is 6.92 Å². The fraction of sp³-hybridized carbons (Fsp3) is 0.714. The first-order valence-electron chi connectivity index (χ1n) is 3.51. The number of rotatable bonds is 4. The smallest absolute Gasteiger partial charge is 0.00750 e. The van der Waals surface area contributed by atoms with Gasteiger partial charge in [-0.25, -0.2) is 0 Å². The third-order valence-corrected chi connectivity index (χ3v) is 0.642. The van der Waals surface area contributed by atoms with Crippen LogP contribution < -0.4 is 16.8 Å². The predicted octanol–water partition coefficient (Wildman–Crippen LogP) is -0.314. The Bertz CT molecular complexity index is 50.8. The van der Waals surface area contributed by atoms with E-state index in [4.69, 9.17) is 11.5 Å². The third kappa shape index (κ3) is 25.5. The molecule has 0 aliphatic carbocycles. The topological polar surface area (TPSA) is 64.1 Å². The van der Waals surface area contributed by atoms with Crippen LogP contribution in [0.25, 0.3) is 0 Å². The van der Waals surface area contributed by atoms with Crippen molar-refractivity contribution in [2.75, 3.05) is 26.2 Å². The summed E-state index contributed by atoms with van der Waals surface area (Å²) in [4.78, 5) is 0. The van der Waals surface area contributed by atoms with Crippen LogP contribution in [0, 0.1) is 0 Å². The van der Waals surface area contributed by atoms with E-state index in [0.29, 0.717) is 13.1 Å². The molecule has 0 spiro atoms. The van der Waals surface area contributed by atoms with E-state index in [0.717, 1.165) is 13.1 Å². The van der Waals surface area contributed by atoms with Gasteiger partial charge in [0.2, 0.25) is 0 Å². The Balaban J connectivity index is 0. The van der Waals surface area contributed by atoms with E-state index in [1.54, 1.807) is 6.08 Å². The maximum atomic E-state index is 5.17. The second-order valence-electron chi connectivity index (χ2n) is 1.74. The van der Waals surface area contributed by atoms with Crippen molar-refractivity contribution in [3.63, 3.8) is 0 Å². The molecule has 0 amide bonds. The summed E-state index contributed by atoms with van der Waals surface area (Å²) < 4.78 is 0. The molecule has 0 heterocycles. The highest BCUT2D eigenvalue weighted by atomic mass is 14.9. The van der Waals surface area contributed by atoms with Crippen molar-refractivity contribution < 1.29 is 0 Å². The van der Waals surface area contributed by atoms with Gasteiger partial charge in [-0.3, -0.25) is 0 Å². The number of nitrogens with two attached hydrogens (primary N) is 2. The molecule has 0 saturated heterocycles. The molecule has 0 unspecified atom stereocenters. The molecule has 0 rings (SSSR count). The molecule has 5 N–H and O–H groups in total. The van der Waals surface area contributed by atoms with E-state index in [9.17, 15) is 0 Å². The molecule has 0 saturated carbocycles. The minimum Gasteiger partial charge on any atom is -0.329 e. The van der Waals surface area contributed by atoms with E-state index in [1.165, 1.54) is 0 Å². The van der Waals surface area contributed by atoms with Gasteiger partial charge in [0.25, 0.3) is 0 Å². The molecule has 0 bridgehead atoms. The monoisotopic (exact) mass is 145 g/mol. The summed E-state index contributed by atoms with van der Waals surface area (Å²) in [7, 11) is 0. The second kappa shape index (κ2) is 15.8. The minimum absolute atomic E-state index is 0.694. The fourth-order valence-corrected chi connectivity index (χ4v) is 0.329. The Morgan fingerprint density at radius 3 is 1.80 bits per heavy atom. The van der Waals surface area contributed by atoms with Crippen LogP contribution in [-0.2, 0) is 0 Å². The van der Waals surface area contributed by atoms with Gasteiger partial charge in [-0.2, -0.15) is 0 Å². The zero-order valence-electron chi connectivity index (χ0n) is 6.77. The second-order valence-corrected chi connectivity index (χ2v) is 1.74. The van der Waals surface area contributed by atoms with Crippen LogP contribution in [0.2, 0.25) is 0 Å². The molecule has 0 radical (unpaired) electrons. The fourth-order valence-electron chi connectivity index (χ4n) is 0.329. The van der Waals surface area contributed by atoms with Crippen LogP contribution in [0.3, 0.4) is 0 Å². The van der Waals surface area contributed by atoms with Crippen molar-refractivity contribution in [3.8, 4) is 0 Å². The standard InChI is InChI=1S/C4H13N3.C3H6/c5-1-3-7-4-2-6;1-3-2/h7H,1-6H2;3H,1H2,2H3. The lowest BCUT2D eigenvalue weighted by Crippen LogP contribution is -2.27. The van der Waals surface area contributed by atoms with E-state index < -0.39 is 0 Å². The summed E-state index contributed by atoms with van der Waals surface area (Å²) in [5.41, 5.74) is 10.3. The van der Waals surface area contributed by atoms with Crippen molar-refractivity contribution in [2.45, 2.75) is 6.92 Å². The summed E-state index contributed by atoms with van der Waals surface area (Å²) in [6.45, 7) is 8.38. The van der Waals surface area contributed by atoms with Crippen molar-refractivity contribution in [1.82, 2.24) is 5.32 Å². The largest absolute Gasteiger partial charge is 0.329 e. The molecule has 62 valence electrons. The van der Waals surface area contributed by atoms with Crippen LogP contribution in [0.4, 0.5) is 0 Å². The maximum Gasteiger partial charge on any atom is 0.00750 e. The van der Waals surface area contributed by atoms with Crippen LogP contribution in [0.15, 0.2) is 12.7 Å². The summed E-state index contributed by atoms with van der Waals surface area (Å²) in [5, 5.41) is 3.03. The van der Waals surface area contributed by atoms with Crippen molar-refractivity contribution in [1.29, 1.82) is 0 Å². The molecule has 0 aliphatic rings. The number of allylic oxidation sites excluding steroid dienone is 1. The van der Waals surface area contributed by atoms with Crippen molar-refractivity contribution in [2.24, 2.45) is 11.5 Å². The zero-order valence-corrected chi connectivity index (χ0v) is 6.77. The van der Waals surface area contributed by atoms with Crippen LogP contribution >= 0.6 is 0 Å². The van der Waals surface area contributed by atoms with Crippen molar-refractivity contribution in [3.05, 3.63) is 12.7 Å². The Labute approximate surface area is 63.5 Å². The van der Waals surface area contributed by atoms with Gasteiger partial charge >= 0.3 is 0 Å². The highest BCUT2D eigenvalue weighted by Gasteiger charge is 1.76. The Morgan fingerprint density at radius 1 is 1.30 bits per heavy atom. The highest BCUT2D eigenvalue weighted by molar-refractivity contribution is 4.51. The summed E-state index contributed by atoms with van der Waals surface area (Å²) in [6.07, 6.45) is 1.75. The Morgan fingerprint density at radius 2 is 1.60 bits per heavy atom. The van der Waals surface area contributed by atoms with Gasteiger partial charge in [-0.05, 0) is 6.92 Å². The molecule has 3 heteroatoms. The molecule has 0 aromatic heterocycles. The van der Waals surface area contributed by atoms with Gasteiger partial charge in [0.05, 0.1) is 0 Å². The first-order chi connectivity index (χ1) is 4.83. The molecule has 0 aliphatic heterocycles. The third-order valence-electron chi connectivity index (χ3n) is 0.642. The average molecular weight is 145 g/mol. The van der Waals surface area contributed by atoms with E-state index in [-0.39, 0.29) is 0 Å². The molecular weight excluding hydrogens is 126 g/mol. The van der Waals surface area contributed by atoms with Crippen LogP contribution in [0.1, 0.15) is 6.92 Å². The van der Waals surface area contributed by atoms with Gasteiger partial charge in [-0.1, -0.05) is 6.08 Å². The molecule has 10 heavy (non-hydrogen) atoms. The lowest BCUT2D eigenvalue weighted by Gasteiger charge is -1.95. The van der Waals surface area contributed by atoms with E-state index >= 15 is 0 Å². The molecule has 0 fully saturated rings. The quantitative estimate of drug-likeness (QED) is 0.375. The first kappa shape index (κ1) is 12.3. The average Bonchev–Trinajstić information content (AvgIpc) is 1.91. The number of nitrogens with one attached hydrogen (secondary N) is 1. The Hall–Kier alpha value is -0.380. The summed E-state index contributed by atoms with van der Waals surface area (Å²) >= 11 is 0. The lowest BCUT2D eigenvalue weighted by molar-refractivity contribution is 0.696. The molecule has 3 nitrogen and oxygen atoms in total. The maximum absolute atomic E-state index is 5.17. The van der Waals surface area contributed by atoms with Crippen LogP contribution in [-0.4, -0.2) is 26.2 Å². The number of hydrogen-bond donors (Lipinski definition) is 3. The van der Waals surface area contributed by atoms with Crippen LogP contribution in [0.5, 0.6) is 0 Å².